The molecule has 6 heteroatoms. The quantitative estimate of drug-likeness (QED) is 0.773. The van der Waals surface area contributed by atoms with Crippen molar-refractivity contribution in [2.75, 3.05) is 7.11 Å². The zero-order valence-corrected chi connectivity index (χ0v) is 9.52. The van der Waals surface area contributed by atoms with Crippen LogP contribution in [0.4, 0.5) is 8.78 Å². The Morgan fingerprint density at radius 3 is 2.75 bits per heavy atom. The summed E-state index contributed by atoms with van der Waals surface area (Å²) in [6, 6.07) is 0. The van der Waals surface area contributed by atoms with E-state index in [1.54, 1.807) is 0 Å². The lowest BCUT2D eigenvalue weighted by atomic mass is 10.1. The lowest BCUT2D eigenvalue weighted by Crippen LogP contribution is -2.09. The number of nitrogens with zero attached hydrogens (tertiary/aromatic N) is 1. The minimum Gasteiger partial charge on any atom is -0.469 e. The summed E-state index contributed by atoms with van der Waals surface area (Å²) in [6.07, 6.45) is -1.71. The molecular formula is C10H10ClF2NO2. The van der Waals surface area contributed by atoms with E-state index in [0.29, 0.717) is 0 Å². The van der Waals surface area contributed by atoms with Gasteiger partial charge in [0.2, 0.25) is 0 Å². The zero-order chi connectivity index (χ0) is 12.3. The highest BCUT2D eigenvalue weighted by atomic mass is 35.5. The molecule has 0 aliphatic rings. The van der Waals surface area contributed by atoms with Crippen LogP contribution in [0.25, 0.3) is 0 Å². The van der Waals surface area contributed by atoms with Crippen LogP contribution in [0, 0.1) is 6.92 Å². The van der Waals surface area contributed by atoms with Crippen LogP contribution in [0.5, 0.6) is 0 Å². The number of carbonyl (C=O) groups is 1. The fraction of sp³-hybridized carbons (Fsp3) is 0.400. The monoisotopic (exact) mass is 249 g/mol. The van der Waals surface area contributed by atoms with Crippen molar-refractivity contribution in [3.05, 3.63) is 28.0 Å². The fourth-order valence-corrected chi connectivity index (χ4v) is 1.56. The molecule has 0 radical (unpaired) electrons. The molecule has 0 aliphatic carbocycles. The maximum atomic E-state index is 12.7. The van der Waals surface area contributed by atoms with Gasteiger partial charge in [0.15, 0.2) is 0 Å². The summed E-state index contributed by atoms with van der Waals surface area (Å²) in [6.45, 7) is 1.46. The molecule has 0 unspecified atom stereocenters. The zero-order valence-electron chi connectivity index (χ0n) is 8.76. The number of alkyl halides is 2. The van der Waals surface area contributed by atoms with E-state index >= 15 is 0 Å². The molecule has 3 nitrogen and oxygen atoms in total. The minimum atomic E-state index is -2.69. The molecule has 0 amide bonds. The van der Waals surface area contributed by atoms with Crippen LogP contribution in [-0.4, -0.2) is 18.1 Å². The van der Waals surface area contributed by atoms with Crippen molar-refractivity contribution in [2.45, 2.75) is 19.8 Å². The van der Waals surface area contributed by atoms with Crippen LogP contribution in [0.2, 0.25) is 5.02 Å². The summed E-state index contributed by atoms with van der Waals surface area (Å²) in [5.41, 5.74) is 0.204. The van der Waals surface area contributed by atoms with Crippen molar-refractivity contribution >= 4 is 17.6 Å². The number of halogens is 3. The number of aromatic nitrogens is 1. The number of carbonyl (C=O) groups excluding carboxylic acids is 1. The lowest BCUT2D eigenvalue weighted by molar-refractivity contribution is -0.139. The van der Waals surface area contributed by atoms with Gasteiger partial charge in [-0.1, -0.05) is 11.6 Å². The Labute approximate surface area is 96.4 Å². The molecule has 0 atom stereocenters. The summed E-state index contributed by atoms with van der Waals surface area (Å²) >= 11 is 5.61. The summed E-state index contributed by atoms with van der Waals surface area (Å²) in [7, 11) is 1.22. The molecular weight excluding hydrogens is 240 g/mol. The van der Waals surface area contributed by atoms with Gasteiger partial charge in [0.1, 0.15) is 0 Å². The molecule has 16 heavy (non-hydrogen) atoms. The third kappa shape index (κ3) is 2.66. The number of esters is 1. The number of ether oxygens (including phenoxy) is 1. The number of methoxy groups -OCH3 is 1. The van der Waals surface area contributed by atoms with Crippen molar-refractivity contribution in [1.29, 1.82) is 0 Å². The van der Waals surface area contributed by atoms with Gasteiger partial charge in [-0.05, 0) is 12.5 Å². The molecule has 0 fully saturated rings. The molecule has 0 aliphatic heterocycles. The Morgan fingerprint density at radius 1 is 1.62 bits per heavy atom. The highest BCUT2D eigenvalue weighted by molar-refractivity contribution is 6.31. The minimum absolute atomic E-state index is 0.0962. The Kier molecular flexibility index (Phi) is 4.18. The first-order valence-electron chi connectivity index (χ1n) is 4.46. The standard InChI is InChI=1S/C10H10ClF2NO2/c1-5-7(3-8(15)16-2)14-4-6(11)9(5)10(12)13/h4,10H,3H2,1-2H3. The summed E-state index contributed by atoms with van der Waals surface area (Å²) in [4.78, 5) is 14.9. The Hall–Kier alpha value is -1.23. The van der Waals surface area contributed by atoms with Crippen molar-refractivity contribution in [2.24, 2.45) is 0 Å². The first kappa shape index (κ1) is 12.8. The second-order valence-electron chi connectivity index (χ2n) is 3.15. The molecule has 0 N–H and O–H groups in total. The number of rotatable bonds is 3. The predicted octanol–water partition coefficient (Wildman–Crippen LogP) is 2.70. The van der Waals surface area contributed by atoms with Crippen molar-refractivity contribution in [1.82, 2.24) is 4.98 Å². The second kappa shape index (κ2) is 5.21. The van der Waals surface area contributed by atoms with Crippen molar-refractivity contribution in [3.8, 4) is 0 Å². The maximum absolute atomic E-state index is 12.7. The summed E-state index contributed by atoms with van der Waals surface area (Å²) in [5.74, 6) is -0.530. The van der Waals surface area contributed by atoms with E-state index in [9.17, 15) is 13.6 Å². The molecule has 1 aromatic rings. The molecule has 1 aromatic heterocycles. The van der Waals surface area contributed by atoms with Gasteiger partial charge < -0.3 is 4.74 Å². The van der Waals surface area contributed by atoms with Crippen LogP contribution in [0.1, 0.15) is 23.2 Å². The summed E-state index contributed by atoms with van der Waals surface area (Å²) < 4.78 is 29.8. The third-order valence-corrected chi connectivity index (χ3v) is 2.49. The largest absolute Gasteiger partial charge is 0.469 e. The summed E-state index contributed by atoms with van der Waals surface area (Å²) in [5, 5.41) is -0.0962. The van der Waals surface area contributed by atoms with Crippen molar-refractivity contribution in [3.63, 3.8) is 0 Å². The number of pyridine rings is 1. The van der Waals surface area contributed by atoms with E-state index in [2.05, 4.69) is 9.72 Å². The smallest absolute Gasteiger partial charge is 0.311 e. The molecule has 1 rings (SSSR count). The van der Waals surface area contributed by atoms with Crippen LogP contribution in [0.15, 0.2) is 6.20 Å². The molecule has 88 valence electrons. The van der Waals surface area contributed by atoms with E-state index in [1.165, 1.54) is 14.0 Å². The lowest BCUT2D eigenvalue weighted by Gasteiger charge is -2.10. The number of hydrogen-bond donors (Lipinski definition) is 0. The SMILES string of the molecule is COC(=O)Cc1ncc(Cl)c(C(F)F)c1C. The van der Waals surface area contributed by atoms with Gasteiger partial charge in [-0.2, -0.15) is 0 Å². The van der Waals surface area contributed by atoms with E-state index in [-0.39, 0.29) is 28.3 Å². The first-order valence-corrected chi connectivity index (χ1v) is 4.84. The van der Waals surface area contributed by atoms with Crippen LogP contribution >= 0.6 is 11.6 Å². The Morgan fingerprint density at radius 2 is 2.25 bits per heavy atom. The first-order chi connectivity index (χ1) is 7.47. The molecule has 0 saturated carbocycles. The van der Waals surface area contributed by atoms with Crippen molar-refractivity contribution < 1.29 is 18.3 Å². The molecule has 1 heterocycles. The Balaban J connectivity index is 3.13. The molecule has 0 bridgehead atoms. The van der Waals surface area contributed by atoms with Crippen LogP contribution in [-0.2, 0) is 16.0 Å². The van der Waals surface area contributed by atoms with Gasteiger partial charge in [-0.3, -0.25) is 9.78 Å². The van der Waals surface area contributed by atoms with Crippen LogP contribution in [0.3, 0.4) is 0 Å². The molecule has 0 spiro atoms. The van der Waals surface area contributed by atoms with Gasteiger partial charge >= 0.3 is 5.97 Å². The van der Waals surface area contributed by atoms with Gasteiger partial charge in [0.25, 0.3) is 6.43 Å². The molecule has 0 saturated heterocycles. The van der Waals surface area contributed by atoms with E-state index in [1.807, 2.05) is 0 Å². The highest BCUT2D eigenvalue weighted by Gasteiger charge is 2.19. The molecule has 0 aromatic carbocycles. The van der Waals surface area contributed by atoms with Gasteiger partial charge in [-0.15, -0.1) is 0 Å². The second-order valence-corrected chi connectivity index (χ2v) is 3.55. The third-order valence-electron chi connectivity index (χ3n) is 2.19. The van der Waals surface area contributed by atoms with Gasteiger partial charge in [-0.25, -0.2) is 8.78 Å². The van der Waals surface area contributed by atoms with Gasteiger partial charge in [0.05, 0.1) is 24.2 Å². The van der Waals surface area contributed by atoms with Gasteiger partial charge in [0, 0.05) is 11.8 Å². The highest BCUT2D eigenvalue weighted by Crippen LogP contribution is 2.30. The maximum Gasteiger partial charge on any atom is 0.311 e. The average molecular weight is 250 g/mol. The van der Waals surface area contributed by atoms with E-state index < -0.39 is 12.4 Å². The normalized spacial score (nSPS) is 10.6. The van der Waals surface area contributed by atoms with Crippen LogP contribution < -0.4 is 0 Å². The van der Waals surface area contributed by atoms with E-state index in [4.69, 9.17) is 11.6 Å². The van der Waals surface area contributed by atoms with E-state index in [0.717, 1.165) is 6.20 Å². The predicted molar refractivity (Wildman–Crippen MR) is 54.7 cm³/mol. The average Bonchev–Trinajstić information content (AvgIpc) is 2.21. The Bertz CT molecular complexity index is 410. The number of hydrogen-bond acceptors (Lipinski definition) is 3. The fourth-order valence-electron chi connectivity index (χ4n) is 1.29. The topological polar surface area (TPSA) is 39.2 Å².